The molecule has 0 bridgehead atoms. The van der Waals surface area contributed by atoms with Gasteiger partial charge in [0.25, 0.3) is 10.0 Å². The standard InChI is InChI=1S/C24H24N2O4S/c1-24(2)15-18-14-17(23(27)28)10-13-21(18)25-22(24)16-8-11-20(12-9-16)31(29,30)26-19-6-4-3-5-7-19/h3-14,22,25-26H,15H2,1-2H3,(H,27,28). The van der Waals surface area contributed by atoms with Gasteiger partial charge in [-0.15, -0.1) is 0 Å². The lowest BCUT2D eigenvalue weighted by molar-refractivity contribution is 0.0696. The van der Waals surface area contributed by atoms with E-state index in [4.69, 9.17) is 0 Å². The van der Waals surface area contributed by atoms with Crippen LogP contribution in [-0.2, 0) is 16.4 Å². The average Bonchev–Trinajstić information content (AvgIpc) is 2.72. The normalized spacial score (nSPS) is 17.3. The molecule has 0 spiro atoms. The van der Waals surface area contributed by atoms with E-state index in [-0.39, 0.29) is 21.9 Å². The molecule has 0 saturated carbocycles. The molecule has 1 atom stereocenters. The Balaban J connectivity index is 1.59. The Hall–Kier alpha value is -3.32. The van der Waals surface area contributed by atoms with Crippen molar-refractivity contribution in [3.63, 3.8) is 0 Å². The number of anilines is 2. The third-order valence-corrected chi connectivity index (χ3v) is 7.03. The van der Waals surface area contributed by atoms with Crippen LogP contribution in [-0.4, -0.2) is 19.5 Å². The van der Waals surface area contributed by atoms with E-state index >= 15 is 0 Å². The van der Waals surface area contributed by atoms with Crippen molar-refractivity contribution in [3.05, 3.63) is 89.5 Å². The van der Waals surface area contributed by atoms with Crippen molar-refractivity contribution in [2.75, 3.05) is 10.0 Å². The fourth-order valence-corrected chi connectivity index (χ4v) is 5.11. The van der Waals surface area contributed by atoms with E-state index in [1.807, 2.05) is 18.2 Å². The molecule has 3 aromatic rings. The van der Waals surface area contributed by atoms with E-state index in [0.29, 0.717) is 12.1 Å². The van der Waals surface area contributed by atoms with Crippen LogP contribution < -0.4 is 10.0 Å². The van der Waals surface area contributed by atoms with Gasteiger partial charge in [-0.25, -0.2) is 13.2 Å². The van der Waals surface area contributed by atoms with Crippen LogP contribution in [0.25, 0.3) is 0 Å². The molecule has 3 aromatic carbocycles. The minimum Gasteiger partial charge on any atom is -0.478 e. The third kappa shape index (κ3) is 4.27. The smallest absolute Gasteiger partial charge is 0.335 e. The monoisotopic (exact) mass is 436 g/mol. The van der Waals surface area contributed by atoms with Crippen molar-refractivity contribution in [2.45, 2.75) is 31.2 Å². The van der Waals surface area contributed by atoms with Crippen LogP contribution in [0.3, 0.4) is 0 Å². The summed E-state index contributed by atoms with van der Waals surface area (Å²) in [6.07, 6.45) is 0.705. The van der Waals surface area contributed by atoms with Crippen molar-refractivity contribution >= 4 is 27.4 Å². The van der Waals surface area contributed by atoms with Gasteiger partial charge in [0.05, 0.1) is 16.5 Å². The number of rotatable bonds is 5. The lowest BCUT2D eigenvalue weighted by Crippen LogP contribution is -2.35. The van der Waals surface area contributed by atoms with Crippen LogP contribution in [0, 0.1) is 5.41 Å². The fraction of sp³-hybridized carbons (Fsp3) is 0.208. The first kappa shape index (κ1) is 20.9. The Bertz CT molecular complexity index is 1220. The summed E-state index contributed by atoms with van der Waals surface area (Å²) in [6, 6.07) is 20.7. The Morgan fingerprint density at radius 3 is 2.35 bits per heavy atom. The number of para-hydroxylation sites is 1. The number of carboxylic acids is 1. The van der Waals surface area contributed by atoms with E-state index in [2.05, 4.69) is 23.9 Å². The van der Waals surface area contributed by atoms with Crippen molar-refractivity contribution in [1.82, 2.24) is 0 Å². The highest BCUT2D eigenvalue weighted by Gasteiger charge is 2.36. The van der Waals surface area contributed by atoms with Gasteiger partial charge in [-0.05, 0) is 65.4 Å². The van der Waals surface area contributed by atoms with Crippen LogP contribution in [0.4, 0.5) is 11.4 Å². The van der Waals surface area contributed by atoms with Gasteiger partial charge in [-0.1, -0.05) is 44.2 Å². The number of fused-ring (bicyclic) bond motifs is 1. The van der Waals surface area contributed by atoms with Crippen LogP contribution in [0.2, 0.25) is 0 Å². The highest BCUT2D eigenvalue weighted by atomic mass is 32.2. The van der Waals surface area contributed by atoms with E-state index in [1.165, 1.54) is 0 Å². The van der Waals surface area contributed by atoms with Crippen molar-refractivity contribution in [3.8, 4) is 0 Å². The van der Waals surface area contributed by atoms with Crippen LogP contribution in [0.15, 0.2) is 77.7 Å². The SMILES string of the molecule is CC1(C)Cc2cc(C(=O)O)ccc2NC1c1ccc(S(=O)(=O)Nc2ccccc2)cc1. The second-order valence-electron chi connectivity index (χ2n) is 8.46. The zero-order valence-corrected chi connectivity index (χ0v) is 18.1. The van der Waals surface area contributed by atoms with Crippen LogP contribution >= 0.6 is 0 Å². The van der Waals surface area contributed by atoms with Gasteiger partial charge in [0.15, 0.2) is 0 Å². The number of carbonyl (C=O) groups is 1. The molecule has 3 N–H and O–H groups in total. The van der Waals surface area contributed by atoms with E-state index in [0.717, 1.165) is 16.8 Å². The molecule has 160 valence electrons. The lowest BCUT2D eigenvalue weighted by Gasteiger charge is -2.41. The zero-order valence-electron chi connectivity index (χ0n) is 17.3. The molecule has 0 saturated heterocycles. The van der Waals surface area contributed by atoms with Gasteiger partial charge in [0.2, 0.25) is 0 Å². The molecule has 0 amide bonds. The van der Waals surface area contributed by atoms with Gasteiger partial charge in [0, 0.05) is 11.4 Å². The molecule has 0 fully saturated rings. The summed E-state index contributed by atoms with van der Waals surface area (Å²) in [5.74, 6) is -0.941. The highest BCUT2D eigenvalue weighted by molar-refractivity contribution is 7.92. The number of hydrogen-bond acceptors (Lipinski definition) is 4. The molecule has 1 aliphatic rings. The third-order valence-electron chi connectivity index (χ3n) is 5.63. The fourth-order valence-electron chi connectivity index (χ4n) is 4.05. The molecule has 1 heterocycles. The van der Waals surface area contributed by atoms with Crippen molar-refractivity contribution in [1.29, 1.82) is 0 Å². The average molecular weight is 437 g/mol. The quantitative estimate of drug-likeness (QED) is 0.528. The van der Waals surface area contributed by atoms with Gasteiger partial charge in [0.1, 0.15) is 0 Å². The second-order valence-corrected chi connectivity index (χ2v) is 10.1. The van der Waals surface area contributed by atoms with Gasteiger partial charge in [-0.2, -0.15) is 0 Å². The number of nitrogens with one attached hydrogen (secondary N) is 2. The Kier molecular flexibility index (Phi) is 5.23. The minimum atomic E-state index is -3.68. The largest absolute Gasteiger partial charge is 0.478 e. The summed E-state index contributed by atoms with van der Waals surface area (Å²) in [6.45, 7) is 4.23. The van der Waals surface area contributed by atoms with Crippen molar-refractivity contribution in [2.24, 2.45) is 5.41 Å². The van der Waals surface area contributed by atoms with Crippen LogP contribution in [0.1, 0.15) is 41.4 Å². The Morgan fingerprint density at radius 2 is 1.71 bits per heavy atom. The Labute approximate surface area is 182 Å². The molecule has 4 rings (SSSR count). The maximum atomic E-state index is 12.7. The summed E-state index contributed by atoms with van der Waals surface area (Å²) in [5.41, 5.74) is 3.42. The summed E-state index contributed by atoms with van der Waals surface area (Å²) >= 11 is 0. The predicted molar refractivity (Wildman–Crippen MR) is 121 cm³/mol. The minimum absolute atomic E-state index is 0.0467. The maximum Gasteiger partial charge on any atom is 0.335 e. The number of hydrogen-bond donors (Lipinski definition) is 3. The molecule has 7 heteroatoms. The molecule has 1 aliphatic heterocycles. The highest BCUT2D eigenvalue weighted by Crippen LogP contribution is 2.45. The summed E-state index contributed by atoms with van der Waals surface area (Å²) in [7, 11) is -3.68. The van der Waals surface area contributed by atoms with E-state index in [1.54, 1.807) is 54.6 Å². The second kappa shape index (κ2) is 7.74. The molecule has 1 unspecified atom stereocenters. The first-order chi connectivity index (χ1) is 14.7. The number of carboxylic acid groups (broad SMARTS) is 1. The molecule has 0 radical (unpaired) electrons. The predicted octanol–water partition coefficient (Wildman–Crippen LogP) is 4.92. The first-order valence-electron chi connectivity index (χ1n) is 9.96. The summed E-state index contributed by atoms with van der Waals surface area (Å²) in [5, 5.41) is 12.8. The van der Waals surface area contributed by atoms with Crippen molar-refractivity contribution < 1.29 is 18.3 Å². The molecular formula is C24H24N2O4S. The van der Waals surface area contributed by atoms with Gasteiger partial charge in [-0.3, -0.25) is 4.72 Å². The van der Waals surface area contributed by atoms with E-state index < -0.39 is 16.0 Å². The summed E-state index contributed by atoms with van der Waals surface area (Å²) < 4.78 is 28.0. The summed E-state index contributed by atoms with van der Waals surface area (Å²) in [4.78, 5) is 11.5. The maximum absolute atomic E-state index is 12.7. The van der Waals surface area contributed by atoms with Gasteiger partial charge < -0.3 is 10.4 Å². The molecule has 0 aromatic heterocycles. The molecule has 6 nitrogen and oxygen atoms in total. The zero-order chi connectivity index (χ0) is 22.2. The van der Waals surface area contributed by atoms with Gasteiger partial charge >= 0.3 is 5.97 Å². The molecule has 31 heavy (non-hydrogen) atoms. The number of aromatic carboxylic acids is 1. The van der Waals surface area contributed by atoms with E-state index in [9.17, 15) is 18.3 Å². The number of benzene rings is 3. The molecular weight excluding hydrogens is 412 g/mol. The number of sulfonamides is 1. The topological polar surface area (TPSA) is 95.5 Å². The van der Waals surface area contributed by atoms with Crippen LogP contribution in [0.5, 0.6) is 0 Å². The Morgan fingerprint density at radius 1 is 1.03 bits per heavy atom. The lowest BCUT2D eigenvalue weighted by atomic mass is 9.73. The molecule has 0 aliphatic carbocycles. The first-order valence-corrected chi connectivity index (χ1v) is 11.4.